The first-order chi connectivity index (χ1) is 9.81. The highest BCUT2D eigenvalue weighted by molar-refractivity contribution is 9.09. The Kier molecular flexibility index (Phi) is 8.03. The Morgan fingerprint density at radius 1 is 1.29 bits per heavy atom. The molecule has 1 amide bonds. The number of rotatable bonds is 6. The van der Waals surface area contributed by atoms with Crippen molar-refractivity contribution in [1.29, 1.82) is 0 Å². The zero-order valence-corrected chi connectivity index (χ0v) is 15.5. The van der Waals surface area contributed by atoms with E-state index in [1.165, 1.54) is 32.4 Å². The number of carbonyl (C=O) groups is 1. The fraction of sp³-hybridized carbons (Fsp3) is 0.938. The fourth-order valence-electron chi connectivity index (χ4n) is 2.63. The second-order valence-corrected chi connectivity index (χ2v) is 8.09. The molecule has 0 aromatic rings. The van der Waals surface area contributed by atoms with Gasteiger partial charge in [0.2, 0.25) is 0 Å². The highest BCUT2D eigenvalue weighted by Crippen LogP contribution is 2.17. The molecule has 1 aliphatic heterocycles. The summed E-state index contributed by atoms with van der Waals surface area (Å²) in [5.41, 5.74) is -0.449. The normalized spacial score (nSPS) is 19.9. The lowest BCUT2D eigenvalue weighted by atomic mass is 10.1. The fourth-order valence-corrected chi connectivity index (χ4v) is 3.44. The van der Waals surface area contributed by atoms with E-state index in [1.807, 2.05) is 20.8 Å². The molecular formula is C16H31BrN2O2. The smallest absolute Gasteiger partial charge is 0.407 e. The molecule has 1 N–H and O–H groups in total. The van der Waals surface area contributed by atoms with Crippen LogP contribution in [0.5, 0.6) is 0 Å². The van der Waals surface area contributed by atoms with Gasteiger partial charge in [-0.2, -0.15) is 0 Å². The standard InChI is InChI=1S/C16H31BrN2O2/c1-5-9-14(18-15(20)21-16(2,3)4)13(17)12-19-10-7-6-8-11-19/h13-14H,5-12H2,1-4H3,(H,18,20)/t13-,14+/m0/s1. The average molecular weight is 363 g/mol. The third-order valence-corrected chi connectivity index (χ3v) is 4.55. The Labute approximate surface area is 138 Å². The number of piperidine rings is 1. The van der Waals surface area contributed by atoms with Crippen LogP contribution in [0.2, 0.25) is 0 Å². The summed E-state index contributed by atoms with van der Waals surface area (Å²) < 4.78 is 5.37. The topological polar surface area (TPSA) is 41.6 Å². The summed E-state index contributed by atoms with van der Waals surface area (Å²) in [6.07, 6.45) is 5.61. The molecule has 0 aromatic carbocycles. The summed E-state index contributed by atoms with van der Waals surface area (Å²) in [5.74, 6) is 0. The minimum absolute atomic E-state index is 0.117. The number of alkyl halides is 1. The van der Waals surface area contributed by atoms with Crippen LogP contribution >= 0.6 is 15.9 Å². The molecule has 2 atom stereocenters. The Bertz CT molecular complexity index is 312. The Morgan fingerprint density at radius 3 is 2.43 bits per heavy atom. The average Bonchev–Trinajstić information content (AvgIpc) is 2.37. The van der Waals surface area contributed by atoms with Gasteiger partial charge in [0.25, 0.3) is 0 Å². The molecule has 1 rings (SSSR count). The molecule has 0 saturated carbocycles. The minimum Gasteiger partial charge on any atom is -0.444 e. The Morgan fingerprint density at radius 2 is 1.90 bits per heavy atom. The number of halogens is 1. The molecule has 1 heterocycles. The molecule has 0 bridgehead atoms. The maximum Gasteiger partial charge on any atom is 0.407 e. The van der Waals surface area contributed by atoms with Crippen molar-refractivity contribution in [3.8, 4) is 0 Å². The number of amides is 1. The zero-order chi connectivity index (χ0) is 15.9. The van der Waals surface area contributed by atoms with Crippen molar-refractivity contribution in [2.75, 3.05) is 19.6 Å². The molecule has 21 heavy (non-hydrogen) atoms. The number of nitrogens with zero attached hydrogens (tertiary/aromatic N) is 1. The molecule has 0 aromatic heterocycles. The van der Waals surface area contributed by atoms with Gasteiger partial charge in [-0.15, -0.1) is 0 Å². The van der Waals surface area contributed by atoms with Crippen LogP contribution in [0.4, 0.5) is 4.79 Å². The summed E-state index contributed by atoms with van der Waals surface area (Å²) in [6.45, 7) is 11.1. The molecule has 124 valence electrons. The third kappa shape index (κ3) is 8.05. The van der Waals surface area contributed by atoms with Crippen molar-refractivity contribution in [3.05, 3.63) is 0 Å². The molecule has 4 nitrogen and oxygen atoms in total. The van der Waals surface area contributed by atoms with Crippen LogP contribution in [0.15, 0.2) is 0 Å². The molecule has 1 fully saturated rings. The summed E-state index contributed by atoms with van der Waals surface area (Å²) >= 11 is 3.78. The minimum atomic E-state index is -0.449. The summed E-state index contributed by atoms with van der Waals surface area (Å²) in [6, 6.07) is 0.117. The van der Waals surface area contributed by atoms with Crippen molar-refractivity contribution < 1.29 is 9.53 Å². The van der Waals surface area contributed by atoms with Crippen LogP contribution in [0.1, 0.15) is 59.8 Å². The molecular weight excluding hydrogens is 332 g/mol. The molecule has 0 aliphatic carbocycles. The second kappa shape index (κ2) is 8.99. The quantitative estimate of drug-likeness (QED) is 0.727. The van der Waals surface area contributed by atoms with Crippen LogP contribution in [-0.2, 0) is 4.74 Å². The van der Waals surface area contributed by atoms with E-state index >= 15 is 0 Å². The van der Waals surface area contributed by atoms with Gasteiger partial charge in [0.1, 0.15) is 5.60 Å². The van der Waals surface area contributed by atoms with Crippen LogP contribution in [0, 0.1) is 0 Å². The van der Waals surface area contributed by atoms with Gasteiger partial charge in [-0.25, -0.2) is 4.79 Å². The molecule has 1 saturated heterocycles. The summed E-state index contributed by atoms with van der Waals surface area (Å²) in [5, 5.41) is 3.03. The highest BCUT2D eigenvalue weighted by Gasteiger charge is 2.25. The van der Waals surface area contributed by atoms with Gasteiger partial charge in [0.15, 0.2) is 0 Å². The summed E-state index contributed by atoms with van der Waals surface area (Å²) in [7, 11) is 0. The van der Waals surface area contributed by atoms with Gasteiger partial charge in [0.05, 0.1) is 0 Å². The van der Waals surface area contributed by atoms with Crippen molar-refractivity contribution >= 4 is 22.0 Å². The monoisotopic (exact) mass is 362 g/mol. The first-order valence-electron chi connectivity index (χ1n) is 8.17. The first-order valence-corrected chi connectivity index (χ1v) is 9.09. The van der Waals surface area contributed by atoms with E-state index < -0.39 is 5.60 Å². The van der Waals surface area contributed by atoms with Crippen molar-refractivity contribution in [3.63, 3.8) is 0 Å². The van der Waals surface area contributed by atoms with Crippen molar-refractivity contribution in [2.24, 2.45) is 0 Å². The van der Waals surface area contributed by atoms with Crippen molar-refractivity contribution in [2.45, 2.75) is 76.3 Å². The van der Waals surface area contributed by atoms with E-state index in [0.29, 0.717) is 0 Å². The van der Waals surface area contributed by atoms with Gasteiger partial charge in [-0.1, -0.05) is 35.7 Å². The first kappa shape index (κ1) is 18.8. The van der Waals surface area contributed by atoms with E-state index in [1.54, 1.807) is 0 Å². The van der Waals surface area contributed by atoms with Gasteiger partial charge in [0, 0.05) is 17.4 Å². The Hall–Kier alpha value is -0.290. The van der Waals surface area contributed by atoms with E-state index in [2.05, 4.69) is 33.1 Å². The van der Waals surface area contributed by atoms with Gasteiger partial charge in [-0.05, 0) is 53.1 Å². The van der Waals surface area contributed by atoms with E-state index in [4.69, 9.17) is 4.74 Å². The second-order valence-electron chi connectivity index (χ2n) is 6.92. The van der Waals surface area contributed by atoms with E-state index in [9.17, 15) is 4.79 Å². The number of carbonyl (C=O) groups excluding carboxylic acids is 1. The maximum atomic E-state index is 12.0. The zero-order valence-electron chi connectivity index (χ0n) is 14.0. The lowest BCUT2D eigenvalue weighted by Crippen LogP contribution is -2.47. The van der Waals surface area contributed by atoms with Gasteiger partial charge in [-0.3, -0.25) is 0 Å². The number of alkyl carbamates (subject to hydrolysis) is 1. The maximum absolute atomic E-state index is 12.0. The Balaban J connectivity index is 2.48. The molecule has 0 radical (unpaired) electrons. The lowest BCUT2D eigenvalue weighted by molar-refractivity contribution is 0.0497. The third-order valence-electron chi connectivity index (χ3n) is 3.62. The number of nitrogens with one attached hydrogen (secondary N) is 1. The predicted octanol–water partition coefficient (Wildman–Crippen LogP) is 3.93. The SMILES string of the molecule is CCC[C@@H](NC(=O)OC(C)(C)C)[C@@H](Br)CN1CCCCC1. The van der Waals surface area contributed by atoms with Crippen LogP contribution < -0.4 is 5.32 Å². The van der Waals surface area contributed by atoms with E-state index in [0.717, 1.165) is 19.4 Å². The van der Waals surface area contributed by atoms with Gasteiger partial charge < -0.3 is 15.0 Å². The number of hydrogen-bond donors (Lipinski definition) is 1. The highest BCUT2D eigenvalue weighted by atomic mass is 79.9. The van der Waals surface area contributed by atoms with Gasteiger partial charge >= 0.3 is 6.09 Å². The molecule has 0 spiro atoms. The molecule has 1 aliphatic rings. The molecule has 5 heteroatoms. The number of likely N-dealkylation sites (tertiary alicyclic amines) is 1. The number of hydrogen-bond acceptors (Lipinski definition) is 3. The lowest BCUT2D eigenvalue weighted by Gasteiger charge is -2.32. The van der Waals surface area contributed by atoms with Crippen molar-refractivity contribution in [1.82, 2.24) is 10.2 Å². The van der Waals surface area contributed by atoms with Crippen LogP contribution in [-0.4, -0.2) is 47.1 Å². The van der Waals surface area contributed by atoms with Crippen LogP contribution in [0.25, 0.3) is 0 Å². The van der Waals surface area contributed by atoms with Crippen LogP contribution in [0.3, 0.4) is 0 Å². The molecule has 0 unspecified atom stereocenters. The predicted molar refractivity (Wildman–Crippen MR) is 91.1 cm³/mol. The number of ether oxygens (including phenoxy) is 1. The largest absolute Gasteiger partial charge is 0.444 e. The summed E-state index contributed by atoms with van der Waals surface area (Å²) in [4.78, 5) is 14.7. The van der Waals surface area contributed by atoms with E-state index in [-0.39, 0.29) is 17.0 Å².